The molecule has 1 N–H and O–H groups in total. The van der Waals surface area contributed by atoms with Crippen molar-refractivity contribution in [1.29, 1.82) is 0 Å². The molecule has 3 atom stereocenters. The number of likely N-dealkylation sites (tertiary alicyclic amines) is 1. The molecule has 1 aliphatic carbocycles. The fourth-order valence-electron chi connectivity index (χ4n) is 5.37. The van der Waals surface area contributed by atoms with E-state index in [2.05, 4.69) is 31.0 Å². The van der Waals surface area contributed by atoms with Gasteiger partial charge >= 0.3 is 0 Å². The average Bonchev–Trinajstić information content (AvgIpc) is 2.90. The summed E-state index contributed by atoms with van der Waals surface area (Å²) in [6.45, 7) is 11.4. The van der Waals surface area contributed by atoms with Gasteiger partial charge in [0.05, 0.1) is 0 Å². The molecule has 20 heavy (non-hydrogen) atoms. The van der Waals surface area contributed by atoms with Crippen LogP contribution in [0.1, 0.15) is 65.7 Å². The highest BCUT2D eigenvalue weighted by molar-refractivity contribution is 4.91. The molecular formula is C18H34N2. The van der Waals surface area contributed by atoms with Crippen LogP contribution in [0.25, 0.3) is 0 Å². The minimum Gasteiger partial charge on any atom is -0.314 e. The highest BCUT2D eigenvalue weighted by Gasteiger charge is 2.37. The summed E-state index contributed by atoms with van der Waals surface area (Å²) in [6, 6.07) is 1.71. The fourth-order valence-corrected chi connectivity index (χ4v) is 5.37. The van der Waals surface area contributed by atoms with Crippen LogP contribution < -0.4 is 5.32 Å². The Balaban J connectivity index is 1.52. The molecule has 0 radical (unpaired) electrons. The quantitative estimate of drug-likeness (QED) is 0.829. The molecule has 2 saturated heterocycles. The van der Waals surface area contributed by atoms with Gasteiger partial charge < -0.3 is 10.2 Å². The third-order valence-electron chi connectivity index (χ3n) is 6.12. The Morgan fingerprint density at radius 1 is 1.05 bits per heavy atom. The molecule has 0 aromatic rings. The summed E-state index contributed by atoms with van der Waals surface area (Å²) in [6.07, 6.45) is 9.98. The lowest BCUT2D eigenvalue weighted by atomic mass is 9.70. The van der Waals surface area contributed by atoms with Crippen molar-refractivity contribution in [3.63, 3.8) is 0 Å². The summed E-state index contributed by atoms with van der Waals surface area (Å²) in [7, 11) is 0. The van der Waals surface area contributed by atoms with Gasteiger partial charge in [0.1, 0.15) is 0 Å². The van der Waals surface area contributed by atoms with Gasteiger partial charge in [0.25, 0.3) is 0 Å². The molecule has 3 rings (SSSR count). The number of hydrogen-bond acceptors (Lipinski definition) is 2. The Morgan fingerprint density at radius 3 is 2.40 bits per heavy atom. The minimum absolute atomic E-state index is 0.562. The van der Waals surface area contributed by atoms with Crippen LogP contribution >= 0.6 is 0 Å². The van der Waals surface area contributed by atoms with Crippen molar-refractivity contribution in [3.8, 4) is 0 Å². The summed E-state index contributed by atoms with van der Waals surface area (Å²) in [4.78, 5) is 2.84. The first-order valence-electron chi connectivity index (χ1n) is 9.01. The molecule has 1 saturated carbocycles. The zero-order chi connectivity index (χ0) is 14.2. The molecule has 0 spiro atoms. The van der Waals surface area contributed by atoms with Crippen LogP contribution in [0.2, 0.25) is 0 Å². The smallest absolute Gasteiger partial charge is 0.0103 e. The zero-order valence-corrected chi connectivity index (χ0v) is 13.8. The molecule has 0 aromatic carbocycles. The van der Waals surface area contributed by atoms with Crippen LogP contribution in [0.4, 0.5) is 0 Å². The van der Waals surface area contributed by atoms with E-state index in [-0.39, 0.29) is 0 Å². The lowest BCUT2D eigenvalue weighted by Crippen LogP contribution is -2.48. The first-order chi connectivity index (χ1) is 9.53. The monoisotopic (exact) mass is 278 g/mol. The van der Waals surface area contributed by atoms with Gasteiger partial charge in [0.2, 0.25) is 0 Å². The Morgan fingerprint density at radius 2 is 1.80 bits per heavy atom. The van der Waals surface area contributed by atoms with E-state index in [0.29, 0.717) is 5.41 Å². The normalized spacial score (nSPS) is 40.0. The van der Waals surface area contributed by atoms with Crippen molar-refractivity contribution < 1.29 is 0 Å². The van der Waals surface area contributed by atoms with E-state index < -0.39 is 0 Å². The summed E-state index contributed by atoms with van der Waals surface area (Å²) < 4.78 is 0. The molecule has 2 nitrogen and oxygen atoms in total. The highest BCUT2D eigenvalue weighted by Crippen LogP contribution is 2.41. The lowest BCUT2D eigenvalue weighted by molar-refractivity contribution is 0.0403. The van der Waals surface area contributed by atoms with Gasteiger partial charge in [-0.2, -0.15) is 0 Å². The molecule has 2 heterocycles. The molecule has 0 bridgehead atoms. The third-order valence-corrected chi connectivity index (χ3v) is 6.12. The van der Waals surface area contributed by atoms with E-state index in [0.717, 1.165) is 23.9 Å². The van der Waals surface area contributed by atoms with Crippen molar-refractivity contribution in [2.45, 2.75) is 77.8 Å². The van der Waals surface area contributed by atoms with Crippen molar-refractivity contribution >= 4 is 0 Å². The van der Waals surface area contributed by atoms with Gasteiger partial charge in [-0.1, -0.05) is 20.8 Å². The Hall–Kier alpha value is -0.0800. The summed E-state index contributed by atoms with van der Waals surface area (Å²) in [5.41, 5.74) is 0.562. The van der Waals surface area contributed by atoms with Gasteiger partial charge in [-0.15, -0.1) is 0 Å². The second-order valence-corrected chi connectivity index (χ2v) is 8.64. The molecule has 2 heteroatoms. The van der Waals surface area contributed by atoms with Crippen LogP contribution in [0, 0.1) is 17.3 Å². The van der Waals surface area contributed by atoms with E-state index >= 15 is 0 Å². The number of hydrogen-bond donors (Lipinski definition) is 1. The van der Waals surface area contributed by atoms with Crippen LogP contribution in [-0.2, 0) is 0 Å². The molecular weight excluding hydrogens is 244 g/mol. The van der Waals surface area contributed by atoms with Gasteiger partial charge in [0.15, 0.2) is 0 Å². The zero-order valence-electron chi connectivity index (χ0n) is 13.8. The molecule has 3 fully saturated rings. The van der Waals surface area contributed by atoms with E-state index in [1.807, 2.05) is 0 Å². The van der Waals surface area contributed by atoms with Gasteiger partial charge in [0, 0.05) is 12.1 Å². The molecule has 0 amide bonds. The first-order valence-corrected chi connectivity index (χ1v) is 9.01. The maximum Gasteiger partial charge on any atom is 0.0103 e. The highest BCUT2D eigenvalue weighted by atomic mass is 15.2. The molecule has 116 valence electrons. The van der Waals surface area contributed by atoms with Crippen LogP contribution in [0.15, 0.2) is 0 Å². The van der Waals surface area contributed by atoms with Crippen molar-refractivity contribution in [1.82, 2.24) is 10.2 Å². The second-order valence-electron chi connectivity index (χ2n) is 8.64. The van der Waals surface area contributed by atoms with Crippen molar-refractivity contribution in [2.24, 2.45) is 17.3 Å². The number of rotatable bonds is 2. The van der Waals surface area contributed by atoms with Gasteiger partial charge in [-0.3, -0.25) is 0 Å². The fraction of sp³-hybridized carbons (Fsp3) is 1.00. The van der Waals surface area contributed by atoms with Crippen LogP contribution in [-0.4, -0.2) is 36.6 Å². The average molecular weight is 278 g/mol. The predicted octanol–water partition coefficient (Wildman–Crippen LogP) is 3.67. The Bertz CT molecular complexity index is 311. The standard InChI is InChI=1S/C18H34N2/c1-14-11-16(13-18(2,3)12-14)20-9-6-15(7-10-20)17-5-4-8-19-17/h14-17,19H,4-13H2,1-3H3. The minimum atomic E-state index is 0.562. The van der Waals surface area contributed by atoms with Crippen molar-refractivity contribution in [2.75, 3.05) is 19.6 Å². The third kappa shape index (κ3) is 3.39. The lowest BCUT2D eigenvalue weighted by Gasteiger charge is -2.46. The molecule has 3 aliphatic rings. The maximum atomic E-state index is 3.72. The number of nitrogens with one attached hydrogen (secondary N) is 1. The first kappa shape index (κ1) is 14.8. The Labute approximate surface area is 125 Å². The molecule has 0 aromatic heterocycles. The molecule has 2 aliphatic heterocycles. The summed E-state index contributed by atoms with van der Waals surface area (Å²) in [5, 5.41) is 3.72. The summed E-state index contributed by atoms with van der Waals surface area (Å²) in [5.74, 6) is 1.88. The number of piperidine rings is 1. The number of nitrogens with zero attached hydrogens (tertiary/aromatic N) is 1. The van der Waals surface area contributed by atoms with Crippen molar-refractivity contribution in [3.05, 3.63) is 0 Å². The van der Waals surface area contributed by atoms with Gasteiger partial charge in [-0.25, -0.2) is 0 Å². The molecule has 3 unspecified atom stereocenters. The topological polar surface area (TPSA) is 15.3 Å². The van der Waals surface area contributed by atoms with E-state index in [9.17, 15) is 0 Å². The van der Waals surface area contributed by atoms with Gasteiger partial charge in [-0.05, 0) is 81.8 Å². The van der Waals surface area contributed by atoms with E-state index in [1.165, 1.54) is 64.6 Å². The summed E-state index contributed by atoms with van der Waals surface area (Å²) >= 11 is 0. The van der Waals surface area contributed by atoms with Crippen LogP contribution in [0.3, 0.4) is 0 Å². The largest absolute Gasteiger partial charge is 0.314 e. The Kier molecular flexibility index (Phi) is 4.42. The second kappa shape index (κ2) is 5.96. The SMILES string of the molecule is CC1CC(N2CCC(C3CCCN3)CC2)CC(C)(C)C1. The maximum absolute atomic E-state index is 3.72. The van der Waals surface area contributed by atoms with Crippen LogP contribution in [0.5, 0.6) is 0 Å². The van der Waals surface area contributed by atoms with E-state index in [1.54, 1.807) is 0 Å². The predicted molar refractivity (Wildman–Crippen MR) is 85.9 cm³/mol. The van der Waals surface area contributed by atoms with E-state index in [4.69, 9.17) is 0 Å².